The molecule has 4 heteroatoms. The van der Waals surface area contributed by atoms with Gasteiger partial charge in [-0.2, -0.15) is 0 Å². The lowest BCUT2D eigenvalue weighted by Crippen LogP contribution is -2.36. The Hall–Kier alpha value is -1.06. The van der Waals surface area contributed by atoms with Crippen molar-refractivity contribution in [3.8, 4) is 0 Å². The maximum absolute atomic E-state index is 11.8. The van der Waals surface area contributed by atoms with E-state index in [1.807, 2.05) is 13.8 Å². The van der Waals surface area contributed by atoms with Crippen LogP contribution in [0.4, 0.5) is 0 Å². The van der Waals surface area contributed by atoms with Crippen molar-refractivity contribution in [1.82, 2.24) is 4.90 Å². The molecule has 1 aliphatic heterocycles. The van der Waals surface area contributed by atoms with Crippen LogP contribution in [0, 0.1) is 5.41 Å². The second-order valence-corrected chi connectivity index (χ2v) is 5.77. The second-order valence-electron chi connectivity index (χ2n) is 5.77. The molecule has 1 rings (SSSR count). The Bertz CT molecular complexity index is 297. The Morgan fingerprint density at radius 1 is 1.41 bits per heavy atom. The summed E-state index contributed by atoms with van der Waals surface area (Å²) < 4.78 is 5.06. The standard InChI is InChI=1S/C13H23NO3/c1-10(2)17-12(16)9-14-8-7-13(3,4)6-5-11(14)15/h10H,5-9H2,1-4H3. The molecule has 0 saturated carbocycles. The quantitative estimate of drug-likeness (QED) is 0.710. The molecule has 0 spiro atoms. The van der Waals surface area contributed by atoms with E-state index in [9.17, 15) is 9.59 Å². The fraction of sp³-hybridized carbons (Fsp3) is 0.846. The van der Waals surface area contributed by atoms with Gasteiger partial charge in [-0.05, 0) is 32.1 Å². The first-order valence-corrected chi connectivity index (χ1v) is 6.27. The van der Waals surface area contributed by atoms with Crippen LogP contribution in [-0.4, -0.2) is 36.0 Å². The topological polar surface area (TPSA) is 46.6 Å². The molecule has 0 radical (unpaired) electrons. The number of rotatable bonds is 3. The third-order valence-corrected chi connectivity index (χ3v) is 3.11. The molecule has 0 aromatic carbocycles. The highest BCUT2D eigenvalue weighted by Crippen LogP contribution is 2.30. The van der Waals surface area contributed by atoms with Crippen LogP contribution >= 0.6 is 0 Å². The number of carbonyl (C=O) groups excluding carboxylic acids is 2. The summed E-state index contributed by atoms with van der Waals surface area (Å²) in [4.78, 5) is 25.0. The second kappa shape index (κ2) is 5.52. The number of hydrogen-bond donors (Lipinski definition) is 0. The van der Waals surface area contributed by atoms with Gasteiger partial charge in [-0.25, -0.2) is 0 Å². The lowest BCUT2D eigenvalue weighted by atomic mass is 9.85. The average molecular weight is 241 g/mol. The summed E-state index contributed by atoms with van der Waals surface area (Å²) in [5.41, 5.74) is 0.187. The van der Waals surface area contributed by atoms with Gasteiger partial charge in [0.15, 0.2) is 0 Å². The minimum atomic E-state index is -0.312. The zero-order chi connectivity index (χ0) is 13.1. The lowest BCUT2D eigenvalue weighted by molar-refractivity contribution is -0.152. The first-order valence-electron chi connectivity index (χ1n) is 6.27. The third-order valence-electron chi connectivity index (χ3n) is 3.11. The van der Waals surface area contributed by atoms with E-state index in [0.29, 0.717) is 13.0 Å². The fourth-order valence-electron chi connectivity index (χ4n) is 1.91. The van der Waals surface area contributed by atoms with Crippen molar-refractivity contribution < 1.29 is 14.3 Å². The summed E-state index contributed by atoms with van der Waals surface area (Å²) in [7, 11) is 0. The van der Waals surface area contributed by atoms with Crippen molar-refractivity contribution in [2.45, 2.75) is 53.1 Å². The molecule has 1 amide bonds. The van der Waals surface area contributed by atoms with Crippen molar-refractivity contribution >= 4 is 11.9 Å². The van der Waals surface area contributed by atoms with E-state index in [1.54, 1.807) is 4.90 Å². The Balaban J connectivity index is 2.53. The number of carbonyl (C=O) groups is 2. The molecule has 17 heavy (non-hydrogen) atoms. The van der Waals surface area contributed by atoms with Gasteiger partial charge in [-0.1, -0.05) is 13.8 Å². The minimum Gasteiger partial charge on any atom is -0.462 e. The normalized spacial score (nSPS) is 20.3. The highest BCUT2D eigenvalue weighted by Gasteiger charge is 2.28. The van der Waals surface area contributed by atoms with E-state index in [0.717, 1.165) is 12.8 Å². The Morgan fingerprint density at radius 3 is 2.65 bits per heavy atom. The molecule has 1 aliphatic rings. The zero-order valence-electron chi connectivity index (χ0n) is 11.3. The van der Waals surface area contributed by atoms with Gasteiger partial charge in [0.2, 0.25) is 5.91 Å². The molecule has 0 bridgehead atoms. The van der Waals surface area contributed by atoms with E-state index in [-0.39, 0.29) is 29.9 Å². The van der Waals surface area contributed by atoms with E-state index in [4.69, 9.17) is 4.74 Å². The van der Waals surface area contributed by atoms with Gasteiger partial charge < -0.3 is 9.64 Å². The highest BCUT2D eigenvalue weighted by molar-refractivity contribution is 5.82. The van der Waals surface area contributed by atoms with Crippen LogP contribution in [-0.2, 0) is 14.3 Å². The molecule has 0 N–H and O–H groups in total. The molecule has 1 heterocycles. The molecule has 4 nitrogen and oxygen atoms in total. The number of ether oxygens (including phenoxy) is 1. The highest BCUT2D eigenvalue weighted by atomic mass is 16.5. The Morgan fingerprint density at radius 2 is 2.06 bits per heavy atom. The van der Waals surface area contributed by atoms with Crippen molar-refractivity contribution in [1.29, 1.82) is 0 Å². The van der Waals surface area contributed by atoms with E-state index >= 15 is 0 Å². The van der Waals surface area contributed by atoms with Crippen molar-refractivity contribution in [3.63, 3.8) is 0 Å². The Labute approximate surface area is 103 Å². The number of esters is 1. The predicted octanol–water partition coefficient (Wildman–Crippen LogP) is 1.98. The first-order chi connectivity index (χ1) is 7.80. The van der Waals surface area contributed by atoms with Crippen molar-refractivity contribution in [2.24, 2.45) is 5.41 Å². The number of likely N-dealkylation sites (tertiary alicyclic amines) is 1. The van der Waals surface area contributed by atoms with Crippen LogP contribution in [0.15, 0.2) is 0 Å². The molecule has 0 aromatic rings. The molecule has 0 aromatic heterocycles. The van der Waals surface area contributed by atoms with Gasteiger partial charge in [0.25, 0.3) is 0 Å². The van der Waals surface area contributed by atoms with Gasteiger partial charge in [-0.3, -0.25) is 9.59 Å². The summed E-state index contributed by atoms with van der Waals surface area (Å²) >= 11 is 0. The number of amides is 1. The SMILES string of the molecule is CC(C)OC(=O)CN1CCC(C)(C)CCC1=O. The smallest absolute Gasteiger partial charge is 0.325 e. The molecule has 98 valence electrons. The van der Waals surface area contributed by atoms with E-state index in [1.165, 1.54) is 0 Å². The zero-order valence-corrected chi connectivity index (χ0v) is 11.3. The fourth-order valence-corrected chi connectivity index (χ4v) is 1.91. The Kier molecular flexibility index (Phi) is 4.54. The average Bonchev–Trinajstić information content (AvgIpc) is 2.30. The summed E-state index contributed by atoms with van der Waals surface area (Å²) in [6, 6.07) is 0. The van der Waals surface area contributed by atoms with Crippen LogP contribution in [0.2, 0.25) is 0 Å². The minimum absolute atomic E-state index is 0.0660. The first kappa shape index (κ1) is 14.0. The van der Waals surface area contributed by atoms with Crippen molar-refractivity contribution in [2.75, 3.05) is 13.1 Å². The van der Waals surface area contributed by atoms with Gasteiger partial charge in [0.05, 0.1) is 6.10 Å². The van der Waals surface area contributed by atoms with E-state index < -0.39 is 0 Å². The summed E-state index contributed by atoms with van der Waals surface area (Å²) in [6.45, 7) is 8.69. The van der Waals surface area contributed by atoms with E-state index in [2.05, 4.69) is 13.8 Å². The van der Waals surface area contributed by atoms with Gasteiger partial charge in [0.1, 0.15) is 6.54 Å². The van der Waals surface area contributed by atoms with Crippen LogP contribution in [0.25, 0.3) is 0 Å². The maximum atomic E-state index is 11.8. The molecule has 1 fully saturated rings. The molecular weight excluding hydrogens is 218 g/mol. The van der Waals surface area contributed by atoms with Crippen LogP contribution < -0.4 is 0 Å². The van der Waals surface area contributed by atoms with Crippen LogP contribution in [0.1, 0.15) is 47.0 Å². The molecular formula is C13H23NO3. The van der Waals surface area contributed by atoms with Crippen LogP contribution in [0.3, 0.4) is 0 Å². The lowest BCUT2D eigenvalue weighted by Gasteiger charge is -2.23. The number of hydrogen-bond acceptors (Lipinski definition) is 3. The third kappa shape index (κ3) is 4.75. The largest absolute Gasteiger partial charge is 0.462 e. The maximum Gasteiger partial charge on any atom is 0.325 e. The van der Waals surface area contributed by atoms with Crippen molar-refractivity contribution in [3.05, 3.63) is 0 Å². The molecule has 0 unspecified atom stereocenters. The molecule has 0 atom stereocenters. The van der Waals surface area contributed by atoms with Gasteiger partial charge >= 0.3 is 5.97 Å². The summed E-state index contributed by atoms with van der Waals surface area (Å²) in [5, 5.41) is 0. The molecule has 0 aliphatic carbocycles. The summed E-state index contributed by atoms with van der Waals surface area (Å²) in [5.74, 6) is -0.246. The van der Waals surface area contributed by atoms with Gasteiger partial charge in [-0.15, -0.1) is 0 Å². The monoisotopic (exact) mass is 241 g/mol. The molecule has 1 saturated heterocycles. The van der Waals surface area contributed by atoms with Crippen LogP contribution in [0.5, 0.6) is 0 Å². The van der Waals surface area contributed by atoms with Gasteiger partial charge in [0, 0.05) is 13.0 Å². The summed E-state index contributed by atoms with van der Waals surface area (Å²) in [6.07, 6.45) is 2.23. The number of nitrogens with zero attached hydrogens (tertiary/aromatic N) is 1. The predicted molar refractivity (Wildman–Crippen MR) is 65.4 cm³/mol.